The number of para-hydroxylation sites is 1. The number of rotatable bonds is 11. The van der Waals surface area contributed by atoms with Crippen LogP contribution in [-0.2, 0) is 25.5 Å². The maximum Gasteiger partial charge on any atom is 0.408 e. The molecule has 0 spiro atoms. The molecule has 10 nitrogen and oxygen atoms in total. The molecule has 10 heteroatoms. The molecule has 0 fully saturated rings. The van der Waals surface area contributed by atoms with Gasteiger partial charge in [-0.25, -0.2) is 4.79 Å². The highest BCUT2D eigenvalue weighted by atomic mass is 16.6. The predicted molar refractivity (Wildman–Crippen MR) is 136 cm³/mol. The van der Waals surface area contributed by atoms with Crippen LogP contribution in [0.25, 0.3) is 10.9 Å². The molecule has 2 aromatic rings. The van der Waals surface area contributed by atoms with Crippen molar-refractivity contribution >= 4 is 34.8 Å². The van der Waals surface area contributed by atoms with Crippen molar-refractivity contribution in [2.24, 2.45) is 5.92 Å². The van der Waals surface area contributed by atoms with Crippen LogP contribution in [0.1, 0.15) is 59.9 Å². The Morgan fingerprint density at radius 3 is 2.22 bits per heavy atom. The van der Waals surface area contributed by atoms with Crippen LogP contribution in [0.2, 0.25) is 0 Å². The molecule has 5 N–H and O–H groups in total. The summed E-state index contributed by atoms with van der Waals surface area (Å²) in [6.07, 6.45) is 1.30. The normalized spacial score (nSPS) is 14.1. The Kier molecular flexibility index (Phi) is 9.89. The third-order valence-corrected chi connectivity index (χ3v) is 5.32. The summed E-state index contributed by atoms with van der Waals surface area (Å²) in [6, 6.07) is 5.04. The molecule has 198 valence electrons. The molecule has 0 aliphatic rings. The Morgan fingerprint density at radius 2 is 1.61 bits per heavy atom. The molecule has 0 bridgehead atoms. The van der Waals surface area contributed by atoms with Gasteiger partial charge in [0.05, 0.1) is 6.42 Å². The Morgan fingerprint density at radius 1 is 0.972 bits per heavy atom. The lowest BCUT2D eigenvalue weighted by Crippen LogP contribution is -2.56. The lowest BCUT2D eigenvalue weighted by Gasteiger charge is -2.26. The molecule has 0 unspecified atom stereocenters. The molecule has 0 radical (unpaired) electrons. The molecular formula is C26H38N4O6. The Balaban J connectivity index is 2.26. The van der Waals surface area contributed by atoms with E-state index in [1.165, 1.54) is 0 Å². The molecule has 1 aromatic heterocycles. The summed E-state index contributed by atoms with van der Waals surface area (Å²) < 4.78 is 5.31. The van der Waals surface area contributed by atoms with E-state index in [-0.39, 0.29) is 18.8 Å². The fraction of sp³-hybridized carbons (Fsp3) is 0.538. The van der Waals surface area contributed by atoms with Crippen LogP contribution in [0, 0.1) is 5.92 Å². The maximum absolute atomic E-state index is 13.3. The fourth-order valence-corrected chi connectivity index (χ4v) is 3.81. The number of hydrogen-bond acceptors (Lipinski definition) is 5. The molecule has 1 aromatic carbocycles. The van der Waals surface area contributed by atoms with Crippen LogP contribution in [0.3, 0.4) is 0 Å². The van der Waals surface area contributed by atoms with Gasteiger partial charge < -0.3 is 30.8 Å². The van der Waals surface area contributed by atoms with E-state index in [0.29, 0.717) is 6.42 Å². The van der Waals surface area contributed by atoms with Crippen molar-refractivity contribution in [1.29, 1.82) is 0 Å². The average molecular weight is 503 g/mol. The Hall–Kier alpha value is -3.56. The van der Waals surface area contributed by atoms with E-state index in [1.807, 2.05) is 38.1 Å². The number of hydrogen-bond donors (Lipinski definition) is 5. The zero-order chi connectivity index (χ0) is 27.0. The topological polar surface area (TPSA) is 150 Å². The number of ether oxygens (including phenoxy) is 1. The molecule has 0 aliphatic carbocycles. The maximum atomic E-state index is 13.3. The van der Waals surface area contributed by atoms with Crippen LogP contribution < -0.4 is 16.0 Å². The fourth-order valence-electron chi connectivity index (χ4n) is 3.81. The number of fused-ring (bicyclic) bond motifs is 1. The van der Waals surface area contributed by atoms with Gasteiger partial charge in [0.25, 0.3) is 0 Å². The number of nitrogens with one attached hydrogen (secondary N) is 4. The summed E-state index contributed by atoms with van der Waals surface area (Å²) >= 11 is 0. The van der Waals surface area contributed by atoms with Crippen LogP contribution in [0.15, 0.2) is 30.5 Å². The van der Waals surface area contributed by atoms with E-state index in [4.69, 9.17) is 9.84 Å². The third-order valence-electron chi connectivity index (χ3n) is 5.32. The Bertz CT molecular complexity index is 1070. The average Bonchev–Trinajstić information content (AvgIpc) is 3.13. The highest BCUT2D eigenvalue weighted by Crippen LogP contribution is 2.19. The molecule has 3 amide bonds. The molecule has 1 heterocycles. The van der Waals surface area contributed by atoms with Crippen molar-refractivity contribution in [3.63, 3.8) is 0 Å². The van der Waals surface area contributed by atoms with E-state index in [9.17, 15) is 19.2 Å². The van der Waals surface area contributed by atoms with Gasteiger partial charge in [-0.3, -0.25) is 14.4 Å². The largest absolute Gasteiger partial charge is 0.481 e. The predicted octanol–water partition coefficient (Wildman–Crippen LogP) is 3.11. The first kappa shape index (κ1) is 28.7. The molecule has 36 heavy (non-hydrogen) atoms. The molecule has 0 saturated heterocycles. The van der Waals surface area contributed by atoms with Crippen molar-refractivity contribution in [2.75, 3.05) is 0 Å². The van der Waals surface area contributed by atoms with Crippen molar-refractivity contribution in [2.45, 2.75) is 84.5 Å². The Labute approximate surface area is 211 Å². The number of alkyl carbamates (subject to hydrolysis) is 1. The van der Waals surface area contributed by atoms with Crippen LogP contribution >= 0.6 is 0 Å². The second-order valence-corrected chi connectivity index (χ2v) is 10.5. The van der Waals surface area contributed by atoms with Gasteiger partial charge in [-0.05, 0) is 51.7 Å². The molecule has 3 atom stereocenters. The van der Waals surface area contributed by atoms with E-state index < -0.39 is 47.6 Å². The minimum absolute atomic E-state index is 0.0761. The lowest BCUT2D eigenvalue weighted by atomic mass is 10.0. The summed E-state index contributed by atoms with van der Waals surface area (Å²) in [7, 11) is 0. The summed E-state index contributed by atoms with van der Waals surface area (Å²) in [4.78, 5) is 53.0. The first-order valence-corrected chi connectivity index (χ1v) is 12.1. The van der Waals surface area contributed by atoms with Gasteiger partial charge in [0.2, 0.25) is 11.8 Å². The zero-order valence-corrected chi connectivity index (χ0v) is 21.8. The van der Waals surface area contributed by atoms with Gasteiger partial charge in [-0.1, -0.05) is 32.0 Å². The number of aliphatic carboxylic acids is 1. The molecule has 2 rings (SSSR count). The minimum Gasteiger partial charge on any atom is -0.481 e. The van der Waals surface area contributed by atoms with Crippen molar-refractivity contribution in [3.05, 3.63) is 36.0 Å². The van der Waals surface area contributed by atoms with Crippen LogP contribution in [0.4, 0.5) is 4.79 Å². The quantitative estimate of drug-likeness (QED) is 0.319. The van der Waals surface area contributed by atoms with E-state index in [1.54, 1.807) is 33.9 Å². The number of amides is 3. The van der Waals surface area contributed by atoms with Gasteiger partial charge in [-0.2, -0.15) is 0 Å². The number of benzene rings is 1. The van der Waals surface area contributed by atoms with E-state index in [2.05, 4.69) is 20.9 Å². The second-order valence-electron chi connectivity index (χ2n) is 10.5. The number of carbonyl (C=O) groups excluding carboxylic acids is 3. The van der Waals surface area contributed by atoms with Gasteiger partial charge in [-0.15, -0.1) is 0 Å². The van der Waals surface area contributed by atoms with Crippen LogP contribution in [-0.4, -0.2) is 57.7 Å². The number of carboxylic acids is 1. The van der Waals surface area contributed by atoms with Crippen molar-refractivity contribution in [1.82, 2.24) is 20.9 Å². The van der Waals surface area contributed by atoms with E-state index in [0.717, 1.165) is 16.5 Å². The van der Waals surface area contributed by atoms with Crippen molar-refractivity contribution < 1.29 is 29.0 Å². The third kappa shape index (κ3) is 9.24. The van der Waals surface area contributed by atoms with Gasteiger partial charge in [0.1, 0.15) is 17.7 Å². The number of aromatic nitrogens is 1. The number of H-pyrrole nitrogens is 1. The monoisotopic (exact) mass is 502 g/mol. The summed E-state index contributed by atoms with van der Waals surface area (Å²) in [5.41, 5.74) is 0.972. The second kappa shape index (κ2) is 12.4. The number of carbonyl (C=O) groups is 4. The zero-order valence-electron chi connectivity index (χ0n) is 21.8. The lowest BCUT2D eigenvalue weighted by molar-refractivity contribution is -0.138. The number of carboxylic acid groups (broad SMARTS) is 1. The molecule has 0 aliphatic heterocycles. The summed E-state index contributed by atoms with van der Waals surface area (Å²) in [6.45, 7) is 10.6. The number of aromatic amines is 1. The summed E-state index contributed by atoms with van der Waals surface area (Å²) in [5.74, 6) is -2.01. The SMILES string of the molecule is CC(C)C[C@H](NC(=O)OC(C)(C)C)C(=O)N[C@H](Cc1c[nH]c2ccccc12)C(=O)N[C@H](C)CC(=O)O. The van der Waals surface area contributed by atoms with Crippen LogP contribution in [0.5, 0.6) is 0 Å². The van der Waals surface area contributed by atoms with Gasteiger partial charge >= 0.3 is 12.1 Å². The molecular weight excluding hydrogens is 464 g/mol. The highest BCUT2D eigenvalue weighted by Gasteiger charge is 2.30. The smallest absolute Gasteiger partial charge is 0.408 e. The first-order chi connectivity index (χ1) is 16.7. The molecule has 0 saturated carbocycles. The van der Waals surface area contributed by atoms with Gasteiger partial charge in [0, 0.05) is 29.6 Å². The van der Waals surface area contributed by atoms with E-state index >= 15 is 0 Å². The van der Waals surface area contributed by atoms with Crippen molar-refractivity contribution in [3.8, 4) is 0 Å². The van der Waals surface area contributed by atoms with Gasteiger partial charge in [0.15, 0.2) is 0 Å². The first-order valence-electron chi connectivity index (χ1n) is 12.1. The highest BCUT2D eigenvalue weighted by molar-refractivity contribution is 5.92. The minimum atomic E-state index is -1.04. The standard InChI is InChI=1S/C26H38N4O6/c1-15(2)11-20(30-25(35)36-26(4,5)6)24(34)29-21(23(33)28-16(3)12-22(31)32)13-17-14-27-19-10-8-7-9-18(17)19/h7-10,14-16,20-21,27H,11-13H2,1-6H3,(H,28,33)(H,29,34)(H,30,35)(H,31,32)/t16-,20+,21-/m1/s1. The summed E-state index contributed by atoms with van der Waals surface area (Å²) in [5, 5.41) is 18.0.